The third-order valence-corrected chi connectivity index (χ3v) is 4.72. The molecule has 1 heterocycles. The molecule has 0 amide bonds. The van der Waals surface area contributed by atoms with Crippen LogP contribution in [0.4, 0.5) is 0 Å². The average molecular weight is 398 g/mol. The second kappa shape index (κ2) is 10.4. The van der Waals surface area contributed by atoms with E-state index in [4.69, 9.17) is 14.2 Å². The SMILES string of the molecule is COc1ccc(OCCCSc2nc(COc3ccccc3)cc(=O)[nH]2)cc1. The minimum atomic E-state index is -0.182. The van der Waals surface area contributed by atoms with Crippen LogP contribution in [0.15, 0.2) is 70.6 Å². The summed E-state index contributed by atoms with van der Waals surface area (Å²) in [6.45, 7) is 0.836. The van der Waals surface area contributed by atoms with Crippen LogP contribution >= 0.6 is 11.8 Å². The van der Waals surface area contributed by atoms with Gasteiger partial charge in [0, 0.05) is 11.8 Å². The number of ether oxygens (including phenoxy) is 3. The van der Waals surface area contributed by atoms with Gasteiger partial charge in [-0.3, -0.25) is 4.79 Å². The summed E-state index contributed by atoms with van der Waals surface area (Å²) in [4.78, 5) is 19.1. The van der Waals surface area contributed by atoms with Gasteiger partial charge in [-0.2, -0.15) is 0 Å². The standard InChI is InChI=1S/C21H22N2O4S/c1-25-17-8-10-19(11-9-17)26-12-5-13-28-21-22-16(14-20(24)23-21)15-27-18-6-3-2-4-7-18/h2-4,6-11,14H,5,12-13,15H2,1H3,(H,22,23,24). The van der Waals surface area contributed by atoms with Crippen LogP contribution in [-0.2, 0) is 6.61 Å². The first-order chi connectivity index (χ1) is 13.7. The number of hydrogen-bond donors (Lipinski definition) is 1. The molecule has 0 atom stereocenters. The molecule has 0 saturated carbocycles. The second-order valence-electron chi connectivity index (χ2n) is 5.87. The Morgan fingerprint density at radius 2 is 1.68 bits per heavy atom. The lowest BCUT2D eigenvalue weighted by atomic mass is 10.3. The molecular formula is C21H22N2O4S. The summed E-state index contributed by atoms with van der Waals surface area (Å²) in [6, 6.07) is 18.4. The van der Waals surface area contributed by atoms with Crippen molar-refractivity contribution in [1.29, 1.82) is 0 Å². The second-order valence-corrected chi connectivity index (χ2v) is 6.95. The normalized spacial score (nSPS) is 10.5. The van der Waals surface area contributed by atoms with Crippen LogP contribution in [0.3, 0.4) is 0 Å². The van der Waals surface area contributed by atoms with Crippen molar-refractivity contribution in [2.45, 2.75) is 18.2 Å². The number of benzene rings is 2. The number of nitrogens with one attached hydrogen (secondary N) is 1. The Bertz CT molecular complexity index is 914. The molecule has 0 fully saturated rings. The van der Waals surface area contributed by atoms with Crippen LogP contribution in [0.2, 0.25) is 0 Å². The zero-order chi connectivity index (χ0) is 19.6. The van der Waals surface area contributed by atoms with Crippen LogP contribution < -0.4 is 19.8 Å². The van der Waals surface area contributed by atoms with E-state index in [0.29, 0.717) is 17.5 Å². The van der Waals surface area contributed by atoms with E-state index in [1.54, 1.807) is 7.11 Å². The van der Waals surface area contributed by atoms with E-state index in [-0.39, 0.29) is 12.2 Å². The number of aromatic amines is 1. The highest BCUT2D eigenvalue weighted by Crippen LogP contribution is 2.18. The monoisotopic (exact) mass is 398 g/mol. The van der Waals surface area contributed by atoms with Crippen LogP contribution in [0.1, 0.15) is 12.1 Å². The highest BCUT2D eigenvalue weighted by Gasteiger charge is 2.04. The maximum Gasteiger partial charge on any atom is 0.251 e. The lowest BCUT2D eigenvalue weighted by Crippen LogP contribution is -2.12. The predicted octanol–water partition coefficient (Wildman–Crippen LogP) is 3.92. The maximum absolute atomic E-state index is 11.8. The molecule has 146 valence electrons. The molecule has 0 spiro atoms. The van der Waals surface area contributed by atoms with E-state index in [2.05, 4.69) is 9.97 Å². The van der Waals surface area contributed by atoms with E-state index in [1.165, 1.54) is 17.8 Å². The quantitative estimate of drug-likeness (QED) is 0.317. The number of H-pyrrole nitrogens is 1. The summed E-state index contributed by atoms with van der Waals surface area (Å²) in [7, 11) is 1.63. The number of hydrogen-bond acceptors (Lipinski definition) is 6. The molecular weight excluding hydrogens is 376 g/mol. The van der Waals surface area contributed by atoms with Crippen LogP contribution in [0, 0.1) is 0 Å². The Morgan fingerprint density at radius 1 is 0.964 bits per heavy atom. The molecule has 0 radical (unpaired) electrons. The van der Waals surface area contributed by atoms with Crippen molar-refractivity contribution in [3.05, 3.63) is 76.7 Å². The summed E-state index contributed by atoms with van der Waals surface area (Å²) >= 11 is 1.49. The molecule has 0 bridgehead atoms. The molecule has 3 rings (SSSR count). The molecule has 2 aromatic carbocycles. The van der Waals surface area contributed by atoms with E-state index >= 15 is 0 Å². The number of aromatic nitrogens is 2. The molecule has 7 heteroatoms. The van der Waals surface area contributed by atoms with Gasteiger partial charge in [0.25, 0.3) is 5.56 Å². The fourth-order valence-electron chi connectivity index (χ4n) is 2.39. The van der Waals surface area contributed by atoms with Gasteiger partial charge in [-0.15, -0.1) is 0 Å². The van der Waals surface area contributed by atoms with E-state index in [9.17, 15) is 4.79 Å². The molecule has 0 aliphatic carbocycles. The fraction of sp³-hybridized carbons (Fsp3) is 0.238. The molecule has 28 heavy (non-hydrogen) atoms. The zero-order valence-electron chi connectivity index (χ0n) is 15.6. The fourth-order valence-corrected chi connectivity index (χ4v) is 3.20. The molecule has 1 aromatic heterocycles. The molecule has 3 aromatic rings. The van der Waals surface area contributed by atoms with Crippen molar-refractivity contribution in [2.24, 2.45) is 0 Å². The molecule has 0 unspecified atom stereocenters. The van der Waals surface area contributed by atoms with Crippen LogP contribution in [0.25, 0.3) is 0 Å². The van der Waals surface area contributed by atoms with Crippen molar-refractivity contribution >= 4 is 11.8 Å². The Morgan fingerprint density at radius 3 is 2.43 bits per heavy atom. The third kappa shape index (κ3) is 6.35. The van der Waals surface area contributed by atoms with Gasteiger partial charge in [0.1, 0.15) is 23.9 Å². The van der Waals surface area contributed by atoms with E-state index in [1.807, 2.05) is 54.6 Å². The van der Waals surface area contributed by atoms with E-state index < -0.39 is 0 Å². The molecule has 6 nitrogen and oxygen atoms in total. The third-order valence-electron chi connectivity index (χ3n) is 3.76. The van der Waals surface area contributed by atoms with Gasteiger partial charge in [-0.25, -0.2) is 4.98 Å². The Labute approximate surface area is 167 Å². The lowest BCUT2D eigenvalue weighted by molar-refractivity contribution is 0.299. The number of para-hydroxylation sites is 1. The van der Waals surface area contributed by atoms with Gasteiger partial charge in [0.2, 0.25) is 0 Å². The Kier molecular flexibility index (Phi) is 7.37. The number of rotatable bonds is 10. The minimum absolute atomic E-state index is 0.182. The number of thioether (sulfide) groups is 1. The van der Waals surface area contributed by atoms with Crippen molar-refractivity contribution in [3.8, 4) is 17.2 Å². The first-order valence-corrected chi connectivity index (χ1v) is 9.89. The van der Waals surface area contributed by atoms with Crippen molar-refractivity contribution < 1.29 is 14.2 Å². The van der Waals surface area contributed by atoms with Gasteiger partial charge >= 0.3 is 0 Å². The summed E-state index contributed by atoms with van der Waals surface area (Å²) in [5.41, 5.74) is 0.420. The van der Waals surface area contributed by atoms with Gasteiger partial charge in [-0.1, -0.05) is 30.0 Å². The largest absolute Gasteiger partial charge is 0.497 e. The molecule has 1 N–H and O–H groups in total. The lowest BCUT2D eigenvalue weighted by Gasteiger charge is -2.08. The minimum Gasteiger partial charge on any atom is -0.497 e. The summed E-state index contributed by atoms with van der Waals surface area (Å²) < 4.78 is 16.5. The number of methoxy groups -OCH3 is 1. The van der Waals surface area contributed by atoms with Crippen molar-refractivity contribution in [3.63, 3.8) is 0 Å². The smallest absolute Gasteiger partial charge is 0.251 e. The first-order valence-electron chi connectivity index (χ1n) is 8.91. The number of nitrogens with zero attached hydrogens (tertiary/aromatic N) is 1. The Hall–Kier alpha value is -2.93. The highest BCUT2D eigenvalue weighted by molar-refractivity contribution is 7.99. The van der Waals surface area contributed by atoms with Crippen molar-refractivity contribution in [2.75, 3.05) is 19.5 Å². The molecule has 0 aliphatic heterocycles. The maximum atomic E-state index is 11.8. The topological polar surface area (TPSA) is 73.4 Å². The average Bonchev–Trinajstić information content (AvgIpc) is 2.73. The van der Waals surface area contributed by atoms with Gasteiger partial charge in [0.05, 0.1) is 19.4 Å². The van der Waals surface area contributed by atoms with E-state index in [0.717, 1.165) is 29.4 Å². The summed E-state index contributed by atoms with van der Waals surface area (Å²) in [5, 5.41) is 0.587. The van der Waals surface area contributed by atoms with Gasteiger partial charge in [-0.05, 0) is 42.8 Å². The van der Waals surface area contributed by atoms with Crippen molar-refractivity contribution in [1.82, 2.24) is 9.97 Å². The Balaban J connectivity index is 1.43. The molecule has 0 saturated heterocycles. The van der Waals surface area contributed by atoms with Crippen LogP contribution in [0.5, 0.6) is 17.2 Å². The van der Waals surface area contributed by atoms with Gasteiger partial charge in [0.15, 0.2) is 5.16 Å². The highest BCUT2D eigenvalue weighted by atomic mass is 32.2. The summed E-state index contributed by atoms with van der Waals surface area (Å²) in [6.07, 6.45) is 0.825. The summed E-state index contributed by atoms with van der Waals surface area (Å²) in [5.74, 6) is 3.13. The van der Waals surface area contributed by atoms with Crippen LogP contribution in [-0.4, -0.2) is 29.4 Å². The van der Waals surface area contributed by atoms with Gasteiger partial charge < -0.3 is 19.2 Å². The predicted molar refractivity (Wildman–Crippen MR) is 109 cm³/mol. The zero-order valence-corrected chi connectivity index (χ0v) is 16.4. The first kappa shape index (κ1) is 19.8. The molecule has 0 aliphatic rings.